The number of para-hydroxylation sites is 1. The van der Waals surface area contributed by atoms with Crippen LogP contribution in [0.25, 0.3) is 10.2 Å². The van der Waals surface area contributed by atoms with Crippen molar-refractivity contribution in [3.05, 3.63) is 52.8 Å². The van der Waals surface area contributed by atoms with E-state index < -0.39 is 10.1 Å². The van der Waals surface area contributed by atoms with Crippen molar-refractivity contribution in [1.82, 2.24) is 4.57 Å². The van der Waals surface area contributed by atoms with Crippen molar-refractivity contribution in [1.29, 1.82) is 0 Å². The van der Waals surface area contributed by atoms with Crippen LogP contribution in [-0.2, 0) is 17.2 Å². The van der Waals surface area contributed by atoms with Gasteiger partial charge in [-0.15, -0.1) is 5.10 Å². The molecule has 0 unspecified atom stereocenters. The zero-order chi connectivity index (χ0) is 29.5. The first-order valence-corrected chi connectivity index (χ1v) is 17.4. The van der Waals surface area contributed by atoms with E-state index in [0.717, 1.165) is 34.3 Å². The molecule has 0 aliphatic heterocycles. The van der Waals surface area contributed by atoms with Gasteiger partial charge in [0.2, 0.25) is 4.80 Å². The lowest BCUT2D eigenvalue weighted by atomic mass is 10.0. The number of hydrogen-bond donors (Lipinski definition) is 1. The Hall–Kier alpha value is -2.49. The second kappa shape index (κ2) is 17.5. The van der Waals surface area contributed by atoms with Gasteiger partial charge in [0, 0.05) is 7.05 Å². The number of aryl methyl sites for hydroxylation is 1. The van der Waals surface area contributed by atoms with Crippen LogP contribution in [-0.4, -0.2) is 29.9 Å². The molecule has 0 radical (unpaired) electrons. The molecule has 41 heavy (non-hydrogen) atoms. The fourth-order valence-electron chi connectivity index (χ4n) is 4.89. The van der Waals surface area contributed by atoms with Gasteiger partial charge in [-0.3, -0.25) is 4.55 Å². The first-order valence-electron chi connectivity index (χ1n) is 15.2. The van der Waals surface area contributed by atoms with Gasteiger partial charge in [-0.2, -0.15) is 13.5 Å². The van der Waals surface area contributed by atoms with Crippen LogP contribution in [0, 0.1) is 0 Å². The maximum absolute atomic E-state index is 12.1. The number of unbranched alkanes of at least 4 members (excludes halogenated alkanes) is 13. The van der Waals surface area contributed by atoms with Gasteiger partial charge in [-0.05, 0) is 49.2 Å². The number of nitrogens with zero attached hydrogens (tertiary/aromatic N) is 3. The lowest BCUT2D eigenvalue weighted by Crippen LogP contribution is -2.10. The van der Waals surface area contributed by atoms with Gasteiger partial charge in [-0.25, -0.2) is 0 Å². The van der Waals surface area contributed by atoms with Gasteiger partial charge < -0.3 is 9.30 Å². The zero-order valence-electron chi connectivity index (χ0n) is 25.0. The number of benzene rings is 2. The van der Waals surface area contributed by atoms with Crippen LogP contribution in [0.2, 0.25) is 0 Å². The van der Waals surface area contributed by atoms with Crippen molar-refractivity contribution in [3.63, 3.8) is 0 Å². The predicted octanol–water partition coefficient (Wildman–Crippen LogP) is 8.67. The summed E-state index contributed by atoms with van der Waals surface area (Å²) in [6.45, 7) is 4.43. The first-order chi connectivity index (χ1) is 19.8. The van der Waals surface area contributed by atoms with Gasteiger partial charge in [0.15, 0.2) is 0 Å². The van der Waals surface area contributed by atoms with Crippen molar-refractivity contribution < 1.29 is 17.7 Å². The highest BCUT2D eigenvalue weighted by Gasteiger charge is 2.18. The Morgan fingerprint density at radius 2 is 1.46 bits per heavy atom. The average Bonchev–Trinajstić information content (AvgIpc) is 3.28. The highest BCUT2D eigenvalue weighted by atomic mass is 32.2. The van der Waals surface area contributed by atoms with Gasteiger partial charge in [-0.1, -0.05) is 114 Å². The van der Waals surface area contributed by atoms with Crippen LogP contribution >= 0.6 is 11.3 Å². The normalized spacial score (nSPS) is 12.9. The molecule has 0 saturated heterocycles. The number of hydrogen-bond acceptors (Lipinski definition) is 6. The molecule has 0 bridgehead atoms. The van der Waals surface area contributed by atoms with Crippen LogP contribution in [0.1, 0.15) is 109 Å². The number of rotatable bonds is 19. The topological polar surface area (TPSA) is 93.3 Å². The molecule has 3 aromatic rings. The van der Waals surface area contributed by atoms with E-state index in [2.05, 4.69) is 17.1 Å². The maximum atomic E-state index is 12.1. The van der Waals surface area contributed by atoms with E-state index in [4.69, 9.17) is 4.74 Å². The second-order valence-electron chi connectivity index (χ2n) is 10.8. The predicted molar refractivity (Wildman–Crippen MR) is 171 cm³/mol. The minimum Gasteiger partial charge on any atom is -0.492 e. The third-order valence-electron chi connectivity index (χ3n) is 7.40. The van der Waals surface area contributed by atoms with E-state index in [1.165, 1.54) is 88.0 Å². The van der Waals surface area contributed by atoms with Crippen molar-refractivity contribution in [2.24, 2.45) is 17.3 Å². The Kier molecular flexibility index (Phi) is 14.1. The molecule has 0 spiro atoms. The summed E-state index contributed by atoms with van der Waals surface area (Å²) in [6, 6.07) is 12.7. The molecule has 0 aliphatic carbocycles. The summed E-state index contributed by atoms with van der Waals surface area (Å²) in [7, 11) is -2.53. The summed E-state index contributed by atoms with van der Waals surface area (Å²) in [5.74, 6) is 0.159. The number of fused-ring (bicyclic) bond motifs is 1. The Bertz CT molecular complexity index is 1420. The molecule has 0 amide bonds. The Morgan fingerprint density at radius 1 is 0.878 bits per heavy atom. The molecular weight excluding hydrogens is 555 g/mol. The third kappa shape index (κ3) is 11.0. The molecule has 0 aliphatic rings. The Labute approximate surface area is 250 Å². The molecule has 0 saturated carbocycles. The monoisotopic (exact) mass is 601 g/mol. The van der Waals surface area contributed by atoms with Crippen LogP contribution in [0.4, 0.5) is 0 Å². The molecule has 0 fully saturated rings. The van der Waals surface area contributed by atoms with E-state index >= 15 is 0 Å². The summed E-state index contributed by atoms with van der Waals surface area (Å²) in [5, 5.41) is 8.71. The van der Waals surface area contributed by atoms with Gasteiger partial charge in [0.05, 0.1) is 22.5 Å². The van der Waals surface area contributed by atoms with Gasteiger partial charge >= 0.3 is 0 Å². The largest absolute Gasteiger partial charge is 0.492 e. The summed E-state index contributed by atoms with van der Waals surface area (Å²) < 4.78 is 43.0. The lowest BCUT2D eigenvalue weighted by molar-refractivity contribution is 0.295. The second-order valence-corrected chi connectivity index (χ2v) is 13.2. The smallest absolute Gasteiger partial charge is 0.298 e. The van der Waals surface area contributed by atoms with E-state index in [0.29, 0.717) is 17.9 Å². The average molecular weight is 602 g/mol. The minimum atomic E-state index is -4.46. The molecule has 1 heterocycles. The molecule has 1 aromatic heterocycles. The van der Waals surface area contributed by atoms with Crippen LogP contribution < -0.4 is 9.54 Å². The highest BCUT2D eigenvalue weighted by molar-refractivity contribution is 7.86. The standard InChI is InChI=1S/C32H47N3O4S2/c1-4-5-6-7-8-9-10-11-12-13-14-15-16-19-24-39-29-23-22-27(25-31(29)41(36,37)38)26(2)33-34-32-35(3)28-20-17-18-21-30(28)40-32/h17-18,20-23,25H,4-16,19,24H2,1-3H3,(H,36,37,38)/b33-26-,34-32-. The number of thiazole rings is 1. The fraction of sp³-hybridized carbons (Fsp3) is 0.562. The molecule has 2 aromatic carbocycles. The van der Waals surface area contributed by atoms with E-state index in [-0.39, 0.29) is 10.6 Å². The van der Waals surface area contributed by atoms with Crippen molar-refractivity contribution in [2.45, 2.75) is 109 Å². The fourth-order valence-corrected chi connectivity index (χ4v) is 6.51. The van der Waals surface area contributed by atoms with Crippen molar-refractivity contribution in [2.75, 3.05) is 6.61 Å². The van der Waals surface area contributed by atoms with Gasteiger partial charge in [0.1, 0.15) is 10.6 Å². The highest BCUT2D eigenvalue weighted by Crippen LogP contribution is 2.26. The third-order valence-corrected chi connectivity index (χ3v) is 9.37. The first kappa shape index (κ1) is 33.0. The van der Waals surface area contributed by atoms with Crippen LogP contribution in [0.5, 0.6) is 5.75 Å². The van der Waals surface area contributed by atoms with Crippen molar-refractivity contribution in [3.8, 4) is 5.75 Å². The molecule has 226 valence electrons. The molecule has 3 rings (SSSR count). The summed E-state index contributed by atoms with van der Waals surface area (Å²) in [4.78, 5) is 0.482. The molecule has 9 heteroatoms. The Balaban J connectivity index is 1.44. The lowest BCUT2D eigenvalue weighted by Gasteiger charge is -2.11. The Morgan fingerprint density at radius 3 is 2.05 bits per heavy atom. The summed E-state index contributed by atoms with van der Waals surface area (Å²) in [5.41, 5.74) is 2.15. The van der Waals surface area contributed by atoms with E-state index in [9.17, 15) is 13.0 Å². The number of aromatic nitrogens is 1. The van der Waals surface area contributed by atoms with Crippen LogP contribution in [0.3, 0.4) is 0 Å². The molecule has 7 nitrogen and oxygen atoms in total. The number of ether oxygens (including phenoxy) is 1. The van der Waals surface area contributed by atoms with E-state index in [1.807, 2.05) is 35.9 Å². The summed E-state index contributed by atoms with van der Waals surface area (Å²) >= 11 is 1.53. The van der Waals surface area contributed by atoms with Crippen LogP contribution in [0.15, 0.2) is 57.6 Å². The molecule has 1 N–H and O–H groups in total. The van der Waals surface area contributed by atoms with Gasteiger partial charge in [0.25, 0.3) is 10.1 Å². The zero-order valence-corrected chi connectivity index (χ0v) is 26.6. The SMILES string of the molecule is CCCCCCCCCCCCCCCCOc1ccc(/C(C)=N\N=c2/sc3ccccc3n2C)cc1S(=O)(=O)O. The maximum Gasteiger partial charge on any atom is 0.298 e. The molecule has 0 atom stereocenters. The quantitative estimate of drug-likeness (QED) is 0.0644. The summed E-state index contributed by atoms with van der Waals surface area (Å²) in [6.07, 6.45) is 17.8. The molecular formula is C32H47N3O4S2. The van der Waals surface area contributed by atoms with E-state index in [1.54, 1.807) is 19.1 Å². The minimum absolute atomic E-state index is 0.159. The van der Waals surface area contributed by atoms with Crippen molar-refractivity contribution >= 4 is 37.4 Å².